The molecule has 1 aliphatic heterocycles. The van der Waals surface area contributed by atoms with E-state index in [-0.39, 0.29) is 23.9 Å². The molecule has 0 aromatic heterocycles. The van der Waals surface area contributed by atoms with Gasteiger partial charge in [-0.15, -0.1) is 0 Å². The number of amides is 1. The van der Waals surface area contributed by atoms with Crippen molar-refractivity contribution in [3.8, 4) is 0 Å². The molecule has 3 aliphatic rings. The van der Waals surface area contributed by atoms with Gasteiger partial charge in [0.05, 0.1) is 17.2 Å². The molecule has 2 fully saturated rings. The van der Waals surface area contributed by atoms with E-state index in [9.17, 15) is 9.59 Å². The second kappa shape index (κ2) is 7.10. The van der Waals surface area contributed by atoms with Crippen molar-refractivity contribution in [1.29, 1.82) is 0 Å². The van der Waals surface area contributed by atoms with Crippen LogP contribution in [0, 0.1) is 17.8 Å². The van der Waals surface area contributed by atoms with Crippen molar-refractivity contribution in [2.24, 2.45) is 17.8 Å². The lowest BCUT2D eigenvalue weighted by atomic mass is 9.71. The summed E-state index contributed by atoms with van der Waals surface area (Å²) >= 11 is 0. The molecule has 25 heavy (non-hydrogen) atoms. The van der Waals surface area contributed by atoms with Crippen molar-refractivity contribution in [2.75, 3.05) is 7.11 Å². The maximum absolute atomic E-state index is 13.0. The zero-order chi connectivity index (χ0) is 18.2. The van der Waals surface area contributed by atoms with Gasteiger partial charge in [-0.3, -0.25) is 9.59 Å². The summed E-state index contributed by atoms with van der Waals surface area (Å²) in [6.07, 6.45) is 6.80. The van der Waals surface area contributed by atoms with Gasteiger partial charge in [-0.25, -0.2) is 0 Å². The van der Waals surface area contributed by atoms with E-state index in [4.69, 9.17) is 9.47 Å². The van der Waals surface area contributed by atoms with Crippen LogP contribution in [-0.4, -0.2) is 30.6 Å². The second-order valence-corrected chi connectivity index (χ2v) is 8.31. The molecule has 140 valence electrons. The van der Waals surface area contributed by atoms with Crippen LogP contribution in [0.25, 0.3) is 0 Å². The normalized spacial score (nSPS) is 38.8. The fraction of sp³-hybridized carbons (Fsp3) is 0.800. The maximum atomic E-state index is 13.0. The maximum Gasteiger partial charge on any atom is 0.307 e. The fourth-order valence-corrected chi connectivity index (χ4v) is 4.94. The van der Waals surface area contributed by atoms with Crippen molar-refractivity contribution in [3.05, 3.63) is 11.3 Å². The van der Waals surface area contributed by atoms with E-state index in [1.165, 1.54) is 13.3 Å². The van der Waals surface area contributed by atoms with Crippen LogP contribution in [0.1, 0.15) is 65.7 Å². The van der Waals surface area contributed by atoms with E-state index in [0.29, 0.717) is 17.6 Å². The molecule has 1 heterocycles. The first kappa shape index (κ1) is 18.4. The number of hydrogen-bond donors (Lipinski definition) is 1. The predicted molar refractivity (Wildman–Crippen MR) is 94.6 cm³/mol. The Balaban J connectivity index is 1.97. The van der Waals surface area contributed by atoms with Gasteiger partial charge in [-0.2, -0.15) is 0 Å². The predicted octanol–water partition coefficient (Wildman–Crippen LogP) is 3.33. The Kier molecular flexibility index (Phi) is 5.24. The minimum absolute atomic E-state index is 0.0296. The lowest BCUT2D eigenvalue weighted by Gasteiger charge is -2.38. The van der Waals surface area contributed by atoms with Crippen molar-refractivity contribution in [2.45, 2.75) is 77.4 Å². The summed E-state index contributed by atoms with van der Waals surface area (Å²) in [5.74, 6) is 1.46. The summed E-state index contributed by atoms with van der Waals surface area (Å²) < 4.78 is 11.2. The van der Waals surface area contributed by atoms with Crippen LogP contribution in [-0.2, 0) is 19.1 Å². The summed E-state index contributed by atoms with van der Waals surface area (Å²) in [5.41, 5.74) is 0.221. The summed E-state index contributed by atoms with van der Waals surface area (Å²) in [5, 5.41) is 3.21. The highest BCUT2D eigenvalue weighted by Crippen LogP contribution is 2.47. The van der Waals surface area contributed by atoms with Gasteiger partial charge in [0.1, 0.15) is 5.76 Å². The van der Waals surface area contributed by atoms with Gasteiger partial charge in [0.15, 0.2) is 0 Å². The third kappa shape index (κ3) is 3.48. The fourth-order valence-electron chi connectivity index (χ4n) is 4.94. The van der Waals surface area contributed by atoms with Crippen molar-refractivity contribution < 1.29 is 19.1 Å². The Bertz CT molecular complexity index is 574. The number of carbonyl (C=O) groups is 2. The first-order valence-electron chi connectivity index (χ1n) is 9.64. The van der Waals surface area contributed by atoms with E-state index < -0.39 is 5.54 Å². The Hall–Kier alpha value is -1.36. The number of methoxy groups -OCH3 is 1. The molecule has 3 rings (SSSR count). The Morgan fingerprint density at radius 1 is 1.16 bits per heavy atom. The van der Waals surface area contributed by atoms with Crippen LogP contribution in [0.3, 0.4) is 0 Å². The third-order valence-electron chi connectivity index (χ3n) is 6.47. The lowest BCUT2D eigenvalue weighted by Crippen LogP contribution is -2.49. The van der Waals surface area contributed by atoms with Crippen molar-refractivity contribution in [1.82, 2.24) is 5.32 Å². The molecule has 3 atom stereocenters. The highest BCUT2D eigenvalue weighted by Gasteiger charge is 2.51. The quantitative estimate of drug-likeness (QED) is 0.794. The lowest BCUT2D eigenvalue weighted by molar-refractivity contribution is -0.138. The van der Waals surface area contributed by atoms with Crippen LogP contribution >= 0.6 is 0 Å². The number of esters is 1. The minimum atomic E-state index is -0.520. The van der Waals surface area contributed by atoms with E-state index in [1.54, 1.807) is 7.11 Å². The van der Waals surface area contributed by atoms with Crippen LogP contribution < -0.4 is 5.32 Å². The van der Waals surface area contributed by atoms with Crippen molar-refractivity contribution >= 4 is 11.9 Å². The molecular formula is C20H31NO4. The van der Waals surface area contributed by atoms with Crippen molar-refractivity contribution in [3.63, 3.8) is 0 Å². The molecule has 1 amide bonds. The average molecular weight is 349 g/mol. The van der Waals surface area contributed by atoms with E-state index in [1.807, 2.05) is 0 Å². The van der Waals surface area contributed by atoms with Gasteiger partial charge < -0.3 is 14.8 Å². The number of rotatable bonds is 3. The summed E-state index contributed by atoms with van der Waals surface area (Å²) in [4.78, 5) is 24.8. The van der Waals surface area contributed by atoms with Gasteiger partial charge >= 0.3 is 5.97 Å². The first-order valence-corrected chi connectivity index (χ1v) is 9.64. The zero-order valence-electron chi connectivity index (χ0n) is 15.9. The molecule has 0 radical (unpaired) electrons. The molecule has 1 spiro atoms. The molecule has 5 heteroatoms. The number of nitrogens with one attached hydrogen (secondary N) is 1. The van der Waals surface area contributed by atoms with Crippen LogP contribution in [0.2, 0.25) is 0 Å². The van der Waals surface area contributed by atoms with Crippen LogP contribution in [0.4, 0.5) is 0 Å². The molecule has 0 bridgehead atoms. The van der Waals surface area contributed by atoms with E-state index in [2.05, 4.69) is 19.2 Å². The first-order chi connectivity index (χ1) is 11.9. The molecule has 2 saturated carbocycles. The van der Waals surface area contributed by atoms with Gasteiger partial charge in [-0.05, 0) is 56.3 Å². The van der Waals surface area contributed by atoms with Gasteiger partial charge in [0, 0.05) is 14.0 Å². The summed E-state index contributed by atoms with van der Waals surface area (Å²) in [7, 11) is 1.73. The molecule has 0 aromatic rings. The monoisotopic (exact) mass is 349 g/mol. The smallest absolute Gasteiger partial charge is 0.307 e. The Labute approximate surface area is 150 Å². The molecular weight excluding hydrogens is 318 g/mol. The SMILES string of the molecule is COC1CCC2(CC1)NC(=O)C(C1CC(C)CCC1C)=C2OC(C)=O. The molecule has 3 unspecified atom stereocenters. The Morgan fingerprint density at radius 2 is 1.84 bits per heavy atom. The van der Waals surface area contributed by atoms with Gasteiger partial charge in [0.2, 0.25) is 0 Å². The topological polar surface area (TPSA) is 64.6 Å². The largest absolute Gasteiger partial charge is 0.428 e. The highest BCUT2D eigenvalue weighted by molar-refractivity contribution is 5.99. The number of carbonyl (C=O) groups excluding carboxylic acids is 2. The van der Waals surface area contributed by atoms with Gasteiger partial charge in [0.25, 0.3) is 5.91 Å². The van der Waals surface area contributed by atoms with E-state index >= 15 is 0 Å². The zero-order valence-corrected chi connectivity index (χ0v) is 15.9. The average Bonchev–Trinajstić information content (AvgIpc) is 2.82. The molecule has 0 saturated heterocycles. The van der Waals surface area contributed by atoms with Crippen LogP contribution in [0.5, 0.6) is 0 Å². The summed E-state index contributed by atoms with van der Waals surface area (Å²) in [6.45, 7) is 5.89. The molecule has 0 aromatic carbocycles. The standard InChI is InChI=1S/C20H31NO4/c1-12-5-6-13(2)16(11-12)17-18(25-14(3)22)20(21-19(17)23)9-7-15(24-4)8-10-20/h12-13,15-16H,5-11H2,1-4H3,(H,21,23). The molecule has 5 nitrogen and oxygen atoms in total. The second-order valence-electron chi connectivity index (χ2n) is 8.31. The third-order valence-corrected chi connectivity index (χ3v) is 6.47. The van der Waals surface area contributed by atoms with Crippen LogP contribution in [0.15, 0.2) is 11.3 Å². The minimum Gasteiger partial charge on any atom is -0.428 e. The molecule has 2 aliphatic carbocycles. The number of hydrogen-bond acceptors (Lipinski definition) is 4. The Morgan fingerprint density at radius 3 is 2.44 bits per heavy atom. The van der Waals surface area contributed by atoms with E-state index in [0.717, 1.165) is 44.1 Å². The number of ether oxygens (including phenoxy) is 2. The highest BCUT2D eigenvalue weighted by atomic mass is 16.5. The molecule has 1 N–H and O–H groups in total. The van der Waals surface area contributed by atoms with Gasteiger partial charge in [-0.1, -0.05) is 20.3 Å². The summed E-state index contributed by atoms with van der Waals surface area (Å²) in [6, 6.07) is 0.